The van der Waals surface area contributed by atoms with E-state index in [4.69, 9.17) is 4.98 Å². The smallest absolute Gasteiger partial charge is 0.0763 e. The van der Waals surface area contributed by atoms with Gasteiger partial charge in [0.05, 0.1) is 5.52 Å². The van der Waals surface area contributed by atoms with Crippen LogP contribution in [0.15, 0.2) is 18.2 Å². The molecule has 1 aliphatic rings. The van der Waals surface area contributed by atoms with Crippen LogP contribution < -0.4 is 5.32 Å². The number of rotatable bonds is 1. The van der Waals surface area contributed by atoms with Crippen molar-refractivity contribution in [1.29, 1.82) is 0 Å². The standard InChI is InChI=1S/C17H22N2/c1-17(2,3)13-9-5-8-12-15(18-4)11-7-6-10-14(11)19-16(12)13/h5,8-9H,6-7,10H2,1-4H3,(H,18,19). The molecule has 19 heavy (non-hydrogen) atoms. The average molecular weight is 254 g/mol. The maximum Gasteiger partial charge on any atom is 0.0763 e. The van der Waals surface area contributed by atoms with Gasteiger partial charge in [-0.1, -0.05) is 39.0 Å². The molecule has 0 radical (unpaired) electrons. The van der Waals surface area contributed by atoms with Gasteiger partial charge in [-0.05, 0) is 35.8 Å². The first-order valence-corrected chi connectivity index (χ1v) is 7.15. The monoisotopic (exact) mass is 254 g/mol. The largest absolute Gasteiger partial charge is 0.387 e. The van der Waals surface area contributed by atoms with Crippen molar-refractivity contribution < 1.29 is 0 Å². The number of hydrogen-bond donors (Lipinski definition) is 1. The second-order valence-electron chi connectivity index (χ2n) is 6.47. The Balaban J connectivity index is 2.40. The van der Waals surface area contributed by atoms with Crippen LogP contribution in [-0.2, 0) is 18.3 Å². The van der Waals surface area contributed by atoms with Gasteiger partial charge < -0.3 is 5.32 Å². The first-order chi connectivity index (χ1) is 9.02. The molecular weight excluding hydrogens is 232 g/mol. The van der Waals surface area contributed by atoms with Crippen LogP contribution in [0.1, 0.15) is 44.0 Å². The second-order valence-corrected chi connectivity index (χ2v) is 6.47. The molecule has 1 aromatic heterocycles. The molecule has 2 aromatic rings. The second kappa shape index (κ2) is 4.22. The highest BCUT2D eigenvalue weighted by molar-refractivity contribution is 5.96. The van der Waals surface area contributed by atoms with Crippen molar-refractivity contribution in [3.63, 3.8) is 0 Å². The van der Waals surface area contributed by atoms with Crippen LogP contribution >= 0.6 is 0 Å². The third kappa shape index (κ3) is 1.90. The lowest BCUT2D eigenvalue weighted by Gasteiger charge is -2.22. The lowest BCUT2D eigenvalue weighted by atomic mass is 9.85. The number of hydrogen-bond acceptors (Lipinski definition) is 2. The molecule has 1 aliphatic carbocycles. The van der Waals surface area contributed by atoms with Crippen LogP contribution in [0.5, 0.6) is 0 Å². The summed E-state index contributed by atoms with van der Waals surface area (Å²) in [5, 5.41) is 4.68. The van der Waals surface area contributed by atoms with E-state index in [9.17, 15) is 0 Å². The predicted octanol–water partition coefficient (Wildman–Crippen LogP) is 4.06. The molecule has 2 heteroatoms. The Morgan fingerprint density at radius 3 is 2.63 bits per heavy atom. The van der Waals surface area contributed by atoms with Gasteiger partial charge >= 0.3 is 0 Å². The summed E-state index contributed by atoms with van der Waals surface area (Å²) in [5.74, 6) is 0. The minimum atomic E-state index is 0.129. The molecule has 0 spiro atoms. The summed E-state index contributed by atoms with van der Waals surface area (Å²) in [7, 11) is 2.02. The Labute approximate surface area is 115 Å². The zero-order chi connectivity index (χ0) is 13.6. The molecule has 1 aromatic carbocycles. The molecular formula is C17H22N2. The number of para-hydroxylation sites is 1. The van der Waals surface area contributed by atoms with Crippen molar-refractivity contribution in [3.05, 3.63) is 35.0 Å². The minimum Gasteiger partial charge on any atom is -0.387 e. The van der Waals surface area contributed by atoms with Crippen LogP contribution in [0.2, 0.25) is 0 Å². The number of aromatic nitrogens is 1. The highest BCUT2D eigenvalue weighted by Crippen LogP contribution is 2.37. The van der Waals surface area contributed by atoms with E-state index in [0.717, 1.165) is 12.8 Å². The first-order valence-electron chi connectivity index (χ1n) is 7.15. The number of nitrogens with one attached hydrogen (secondary N) is 1. The lowest BCUT2D eigenvalue weighted by molar-refractivity contribution is 0.594. The number of anilines is 1. The van der Waals surface area contributed by atoms with Crippen molar-refractivity contribution in [2.75, 3.05) is 12.4 Å². The topological polar surface area (TPSA) is 24.9 Å². The summed E-state index contributed by atoms with van der Waals surface area (Å²) in [6.45, 7) is 6.78. The van der Waals surface area contributed by atoms with Gasteiger partial charge in [0, 0.05) is 23.8 Å². The number of aryl methyl sites for hydroxylation is 1. The van der Waals surface area contributed by atoms with E-state index in [1.165, 1.54) is 39.8 Å². The number of pyridine rings is 1. The molecule has 1 N–H and O–H groups in total. The summed E-state index contributed by atoms with van der Waals surface area (Å²) in [4.78, 5) is 4.99. The summed E-state index contributed by atoms with van der Waals surface area (Å²) in [6.07, 6.45) is 3.52. The Kier molecular flexibility index (Phi) is 2.77. The van der Waals surface area contributed by atoms with Gasteiger partial charge in [0.15, 0.2) is 0 Å². The summed E-state index contributed by atoms with van der Waals surface area (Å²) in [6, 6.07) is 6.57. The zero-order valence-electron chi connectivity index (χ0n) is 12.3. The fourth-order valence-electron chi connectivity index (χ4n) is 3.17. The molecule has 0 aliphatic heterocycles. The van der Waals surface area contributed by atoms with Gasteiger partial charge in [0.25, 0.3) is 0 Å². The predicted molar refractivity (Wildman–Crippen MR) is 82.0 cm³/mol. The molecule has 0 saturated heterocycles. The third-order valence-corrected chi connectivity index (χ3v) is 4.10. The Bertz CT molecular complexity index is 636. The maximum absolute atomic E-state index is 4.99. The van der Waals surface area contributed by atoms with E-state index in [1.807, 2.05) is 7.05 Å². The molecule has 100 valence electrons. The quantitative estimate of drug-likeness (QED) is 0.830. The van der Waals surface area contributed by atoms with E-state index in [1.54, 1.807) is 0 Å². The Hall–Kier alpha value is -1.57. The number of nitrogens with zero attached hydrogens (tertiary/aromatic N) is 1. The summed E-state index contributed by atoms with van der Waals surface area (Å²) >= 11 is 0. The Morgan fingerprint density at radius 2 is 1.95 bits per heavy atom. The van der Waals surface area contributed by atoms with Crippen LogP contribution in [0.4, 0.5) is 5.69 Å². The molecule has 0 fully saturated rings. The summed E-state index contributed by atoms with van der Waals surface area (Å²) < 4.78 is 0. The van der Waals surface area contributed by atoms with Crippen molar-refractivity contribution >= 4 is 16.6 Å². The third-order valence-electron chi connectivity index (χ3n) is 4.10. The first kappa shape index (κ1) is 12.5. The fraction of sp³-hybridized carbons (Fsp3) is 0.471. The van der Waals surface area contributed by atoms with Crippen LogP contribution in [0, 0.1) is 0 Å². The SMILES string of the molecule is CNc1c2c(nc3c(C(C)(C)C)cccc13)CCC2. The molecule has 1 heterocycles. The van der Waals surface area contributed by atoms with E-state index in [-0.39, 0.29) is 5.41 Å². The van der Waals surface area contributed by atoms with Gasteiger partial charge in [0.2, 0.25) is 0 Å². The Morgan fingerprint density at radius 1 is 1.16 bits per heavy atom. The summed E-state index contributed by atoms with van der Waals surface area (Å²) in [5.41, 5.74) is 6.68. The van der Waals surface area contributed by atoms with Crippen molar-refractivity contribution in [2.45, 2.75) is 45.4 Å². The van der Waals surface area contributed by atoms with Crippen molar-refractivity contribution in [1.82, 2.24) is 4.98 Å². The highest BCUT2D eigenvalue weighted by Gasteiger charge is 2.23. The molecule has 0 saturated carbocycles. The normalized spacial score (nSPS) is 14.7. The van der Waals surface area contributed by atoms with E-state index in [2.05, 4.69) is 44.3 Å². The maximum atomic E-state index is 4.99. The average Bonchev–Trinajstić information content (AvgIpc) is 2.81. The van der Waals surface area contributed by atoms with Crippen LogP contribution in [0.3, 0.4) is 0 Å². The minimum absolute atomic E-state index is 0.129. The van der Waals surface area contributed by atoms with Crippen molar-refractivity contribution in [2.24, 2.45) is 0 Å². The number of benzene rings is 1. The fourth-order valence-corrected chi connectivity index (χ4v) is 3.17. The molecule has 2 nitrogen and oxygen atoms in total. The van der Waals surface area contributed by atoms with Crippen LogP contribution in [0.25, 0.3) is 10.9 Å². The van der Waals surface area contributed by atoms with Gasteiger partial charge in [-0.15, -0.1) is 0 Å². The zero-order valence-corrected chi connectivity index (χ0v) is 12.3. The van der Waals surface area contributed by atoms with Gasteiger partial charge in [-0.3, -0.25) is 4.98 Å². The molecule has 0 amide bonds. The molecule has 0 atom stereocenters. The van der Waals surface area contributed by atoms with E-state index < -0.39 is 0 Å². The van der Waals surface area contributed by atoms with Gasteiger partial charge in [0.1, 0.15) is 0 Å². The van der Waals surface area contributed by atoms with Gasteiger partial charge in [-0.2, -0.15) is 0 Å². The lowest BCUT2D eigenvalue weighted by Crippen LogP contribution is -2.13. The molecule has 0 unspecified atom stereocenters. The molecule has 3 rings (SSSR count). The van der Waals surface area contributed by atoms with E-state index in [0.29, 0.717) is 0 Å². The van der Waals surface area contributed by atoms with Gasteiger partial charge in [-0.25, -0.2) is 0 Å². The van der Waals surface area contributed by atoms with Crippen LogP contribution in [-0.4, -0.2) is 12.0 Å². The number of fused-ring (bicyclic) bond motifs is 2. The van der Waals surface area contributed by atoms with Crippen molar-refractivity contribution in [3.8, 4) is 0 Å². The molecule has 0 bridgehead atoms. The highest BCUT2D eigenvalue weighted by atomic mass is 14.9. The van der Waals surface area contributed by atoms with E-state index >= 15 is 0 Å².